The van der Waals surface area contributed by atoms with Crippen molar-refractivity contribution in [3.05, 3.63) is 60.8 Å². The van der Waals surface area contributed by atoms with Crippen LogP contribution in [0.3, 0.4) is 0 Å². The summed E-state index contributed by atoms with van der Waals surface area (Å²) in [6, 6.07) is 0. The van der Waals surface area contributed by atoms with Gasteiger partial charge in [-0.25, -0.2) is 4.79 Å². The van der Waals surface area contributed by atoms with E-state index in [1.165, 1.54) is 128 Å². The summed E-state index contributed by atoms with van der Waals surface area (Å²) in [5.74, 6) is -3.14. The lowest BCUT2D eigenvalue weighted by molar-refractivity contribution is -0.301. The third-order valence-electron chi connectivity index (χ3n) is 14.1. The monoisotopic (exact) mass is 1080 g/mol. The molecule has 1 saturated heterocycles. The fourth-order valence-corrected chi connectivity index (χ4v) is 9.30. The van der Waals surface area contributed by atoms with Crippen molar-refractivity contribution in [2.75, 3.05) is 13.2 Å². The van der Waals surface area contributed by atoms with Crippen molar-refractivity contribution in [1.82, 2.24) is 0 Å². The molecule has 1 fully saturated rings. The number of carboxylic acid groups (broad SMARTS) is 1. The van der Waals surface area contributed by atoms with Gasteiger partial charge in [-0.15, -0.1) is 0 Å². The number of ether oxygens (including phenoxy) is 5. The maximum Gasteiger partial charge on any atom is 0.335 e. The Morgan fingerprint density at radius 3 is 1.29 bits per heavy atom. The second-order valence-corrected chi connectivity index (χ2v) is 21.3. The maximum absolute atomic E-state index is 13.2. The molecule has 0 aromatic rings. The number of esters is 3. The number of rotatable bonds is 53. The molecule has 1 heterocycles. The molecule has 0 radical (unpaired) electrons. The zero-order chi connectivity index (χ0) is 56.1. The van der Waals surface area contributed by atoms with Crippen LogP contribution in [0.1, 0.15) is 278 Å². The Balaban J connectivity index is 2.67. The number of carbonyl (C=O) groups excluding carboxylic acids is 3. The van der Waals surface area contributed by atoms with Crippen LogP contribution in [0.25, 0.3) is 0 Å². The molecule has 1 rings (SSSR count). The summed E-state index contributed by atoms with van der Waals surface area (Å²) in [5, 5.41) is 31.5. The van der Waals surface area contributed by atoms with Crippen molar-refractivity contribution in [2.45, 2.75) is 314 Å². The van der Waals surface area contributed by atoms with Crippen LogP contribution in [0.2, 0.25) is 0 Å². The third-order valence-corrected chi connectivity index (χ3v) is 14.1. The minimum Gasteiger partial charge on any atom is -0.479 e. The van der Waals surface area contributed by atoms with Crippen molar-refractivity contribution >= 4 is 23.9 Å². The number of carbonyl (C=O) groups is 4. The fraction of sp³-hybridized carbons (Fsp3) is 0.785. The summed E-state index contributed by atoms with van der Waals surface area (Å²) in [6.07, 6.45) is 53.3. The van der Waals surface area contributed by atoms with E-state index in [2.05, 4.69) is 81.5 Å². The molecule has 0 aromatic heterocycles. The number of allylic oxidation sites excluding steroid dienone is 10. The van der Waals surface area contributed by atoms with Gasteiger partial charge in [-0.1, -0.05) is 236 Å². The first kappa shape index (κ1) is 71.4. The smallest absolute Gasteiger partial charge is 0.335 e. The van der Waals surface area contributed by atoms with Gasteiger partial charge in [-0.3, -0.25) is 14.4 Å². The van der Waals surface area contributed by atoms with Gasteiger partial charge in [0.05, 0.1) is 6.61 Å². The molecule has 0 aliphatic carbocycles. The van der Waals surface area contributed by atoms with Gasteiger partial charge >= 0.3 is 23.9 Å². The number of carboxylic acids is 1. The van der Waals surface area contributed by atoms with Crippen LogP contribution in [0.4, 0.5) is 0 Å². The first-order valence-corrected chi connectivity index (χ1v) is 31.3. The lowest BCUT2D eigenvalue weighted by atomic mass is 9.98. The Hall–Kier alpha value is -3.58. The summed E-state index contributed by atoms with van der Waals surface area (Å²) < 4.78 is 28.5. The predicted molar refractivity (Wildman–Crippen MR) is 312 cm³/mol. The number of hydrogen-bond donors (Lipinski definition) is 3. The van der Waals surface area contributed by atoms with Gasteiger partial charge in [-0.05, 0) is 83.5 Å². The van der Waals surface area contributed by atoms with Gasteiger partial charge in [0.2, 0.25) is 0 Å². The van der Waals surface area contributed by atoms with Crippen molar-refractivity contribution < 1.29 is 58.2 Å². The zero-order valence-corrected chi connectivity index (χ0v) is 49.0. The van der Waals surface area contributed by atoms with Crippen LogP contribution in [-0.2, 0) is 42.9 Å². The molecule has 0 saturated carbocycles. The highest BCUT2D eigenvalue weighted by Crippen LogP contribution is 2.26. The second-order valence-electron chi connectivity index (χ2n) is 21.3. The van der Waals surface area contributed by atoms with Crippen LogP contribution in [-0.4, -0.2) is 89.2 Å². The quantitative estimate of drug-likeness (QED) is 0.0228. The molecule has 6 atom stereocenters. The maximum atomic E-state index is 13.2. The van der Waals surface area contributed by atoms with Gasteiger partial charge in [0, 0.05) is 19.3 Å². The summed E-state index contributed by atoms with van der Waals surface area (Å²) in [7, 11) is 0. The number of aliphatic hydroxyl groups excluding tert-OH is 2. The largest absolute Gasteiger partial charge is 0.479 e. The number of hydrogen-bond acceptors (Lipinski definition) is 11. The highest BCUT2D eigenvalue weighted by atomic mass is 16.7. The molecule has 444 valence electrons. The summed E-state index contributed by atoms with van der Waals surface area (Å²) >= 11 is 0. The zero-order valence-electron chi connectivity index (χ0n) is 49.0. The minimum absolute atomic E-state index is 0.0257. The average Bonchev–Trinajstić information content (AvgIpc) is 3.42. The fourth-order valence-electron chi connectivity index (χ4n) is 9.30. The molecule has 0 amide bonds. The molecular weight excluding hydrogens is 973 g/mol. The van der Waals surface area contributed by atoms with E-state index in [4.69, 9.17) is 23.7 Å². The van der Waals surface area contributed by atoms with Crippen LogP contribution in [0.15, 0.2) is 60.8 Å². The Bertz CT molecular complexity index is 1570. The molecule has 6 unspecified atom stereocenters. The Kier molecular flexibility index (Phi) is 49.2. The molecule has 12 heteroatoms. The van der Waals surface area contributed by atoms with E-state index < -0.39 is 67.3 Å². The Morgan fingerprint density at radius 1 is 0.442 bits per heavy atom. The van der Waals surface area contributed by atoms with Gasteiger partial charge in [-0.2, -0.15) is 0 Å². The van der Waals surface area contributed by atoms with Gasteiger partial charge in [0.15, 0.2) is 24.6 Å². The van der Waals surface area contributed by atoms with Gasteiger partial charge in [0.25, 0.3) is 0 Å². The van der Waals surface area contributed by atoms with Crippen LogP contribution in [0, 0.1) is 0 Å². The first-order valence-electron chi connectivity index (χ1n) is 31.3. The van der Waals surface area contributed by atoms with Crippen LogP contribution in [0.5, 0.6) is 0 Å². The highest BCUT2D eigenvalue weighted by Gasteiger charge is 2.50. The Morgan fingerprint density at radius 2 is 0.818 bits per heavy atom. The van der Waals surface area contributed by atoms with E-state index in [-0.39, 0.29) is 25.9 Å². The van der Waals surface area contributed by atoms with Crippen molar-refractivity contribution in [3.63, 3.8) is 0 Å². The highest BCUT2D eigenvalue weighted by molar-refractivity contribution is 5.74. The molecule has 12 nitrogen and oxygen atoms in total. The molecular formula is C65H112O12. The van der Waals surface area contributed by atoms with E-state index in [0.29, 0.717) is 19.3 Å². The molecule has 0 aromatic carbocycles. The summed E-state index contributed by atoms with van der Waals surface area (Å²) in [6.45, 7) is 5.86. The molecule has 0 bridgehead atoms. The topological polar surface area (TPSA) is 175 Å². The van der Waals surface area contributed by atoms with E-state index in [0.717, 1.165) is 89.9 Å². The normalized spacial score (nSPS) is 18.4. The van der Waals surface area contributed by atoms with E-state index >= 15 is 0 Å². The average molecular weight is 1090 g/mol. The third kappa shape index (κ3) is 43.0. The summed E-state index contributed by atoms with van der Waals surface area (Å²) in [5.41, 5.74) is 0. The Labute approximate surface area is 468 Å². The van der Waals surface area contributed by atoms with Crippen molar-refractivity contribution in [2.24, 2.45) is 0 Å². The first-order chi connectivity index (χ1) is 37.6. The number of aliphatic hydroxyl groups is 2. The van der Waals surface area contributed by atoms with Crippen molar-refractivity contribution in [1.29, 1.82) is 0 Å². The van der Waals surface area contributed by atoms with Gasteiger partial charge in [0.1, 0.15) is 18.8 Å². The van der Waals surface area contributed by atoms with E-state index in [9.17, 15) is 34.5 Å². The number of aliphatic carboxylic acids is 1. The molecule has 3 N–H and O–H groups in total. The minimum atomic E-state index is -1.91. The number of unbranched alkanes of at least 4 members (excludes halogenated alkanes) is 29. The van der Waals surface area contributed by atoms with E-state index in [1.54, 1.807) is 0 Å². The predicted octanol–water partition coefficient (Wildman–Crippen LogP) is 16.3. The SMILES string of the molecule is CC/C=C\C/C=C\C/C=C\CCCCCC(=O)OC1C(OCC(COC(=O)CCCCCCCCCCC/C=C\C/C=C\CCCCC)OC(=O)CCCCCCCCCCCCCCCCC)OC(C(=O)O)C(O)C1O. The standard InChI is InChI=1S/C65H112O12/c1-4-7-10-13-16-19-22-25-27-28-29-30-32-34-36-39-42-45-48-51-57(66)73-54-56(75-58(67)52-49-46-43-40-38-35-31-26-23-20-17-14-11-8-5-2)55-74-65-63(61(70)60(69)62(77-65)64(71)72)76-59(68)53-50-47-44-41-37-33-24-21-18-15-12-9-6-3/h9,12,16,18-19,21,25,27,33,37,56,60-63,65,69-70H,4-8,10-11,13-15,17,20,22-24,26,28-32,34-36,38-55H2,1-3H3,(H,71,72)/b12-9-,19-16-,21-18-,27-25-,37-33-. The molecule has 1 aliphatic rings. The van der Waals surface area contributed by atoms with Gasteiger partial charge < -0.3 is 39.0 Å². The second kappa shape index (κ2) is 53.1. The molecule has 0 spiro atoms. The van der Waals surface area contributed by atoms with Crippen molar-refractivity contribution in [3.8, 4) is 0 Å². The van der Waals surface area contributed by atoms with Crippen LogP contribution >= 0.6 is 0 Å². The lowest BCUT2D eigenvalue weighted by Gasteiger charge is -2.40. The van der Waals surface area contributed by atoms with Crippen LogP contribution < -0.4 is 0 Å². The lowest BCUT2D eigenvalue weighted by Crippen LogP contribution is -2.61. The molecule has 77 heavy (non-hydrogen) atoms. The summed E-state index contributed by atoms with van der Waals surface area (Å²) in [4.78, 5) is 51.2. The molecule has 1 aliphatic heterocycles. The van der Waals surface area contributed by atoms with E-state index in [1.807, 2.05) is 0 Å².